The van der Waals surface area contributed by atoms with E-state index in [4.69, 9.17) is 14.7 Å². The number of rotatable bonds is 5. The van der Waals surface area contributed by atoms with Gasteiger partial charge in [0.1, 0.15) is 0 Å². The number of hydrogen-bond donors (Lipinski definition) is 3. The first-order chi connectivity index (χ1) is 9.86. The van der Waals surface area contributed by atoms with Crippen LogP contribution in [-0.2, 0) is 9.31 Å². The van der Waals surface area contributed by atoms with Crippen molar-refractivity contribution in [3.05, 3.63) is 11.7 Å². The molecule has 0 aromatic rings. The number of piperidine rings is 1. The van der Waals surface area contributed by atoms with E-state index in [-0.39, 0.29) is 11.2 Å². The van der Waals surface area contributed by atoms with Crippen molar-refractivity contribution in [2.75, 3.05) is 19.6 Å². The lowest BCUT2D eigenvalue weighted by Gasteiger charge is -2.32. The smallest absolute Gasteiger partial charge is 0.399 e. The third kappa shape index (κ3) is 3.87. The van der Waals surface area contributed by atoms with Gasteiger partial charge >= 0.3 is 7.12 Å². The molecule has 0 aliphatic carbocycles. The molecule has 6 heteroatoms. The van der Waals surface area contributed by atoms with Gasteiger partial charge in [0.25, 0.3) is 0 Å². The van der Waals surface area contributed by atoms with Crippen LogP contribution in [0.5, 0.6) is 0 Å². The molecule has 0 aromatic heterocycles. The van der Waals surface area contributed by atoms with Gasteiger partial charge in [-0.05, 0) is 65.7 Å². The highest BCUT2D eigenvalue weighted by molar-refractivity contribution is 6.60. The van der Waals surface area contributed by atoms with Crippen LogP contribution in [-0.4, -0.2) is 44.2 Å². The summed E-state index contributed by atoms with van der Waals surface area (Å²) in [6.07, 6.45) is 5.60. The molecule has 0 bridgehead atoms. The number of allylic oxidation sites excluding steroid dienone is 1. The third-order valence-corrected chi connectivity index (χ3v) is 4.83. The lowest BCUT2D eigenvalue weighted by molar-refractivity contribution is 0.00578. The molecular formula is C15H28BN3O2. The van der Waals surface area contributed by atoms with Crippen molar-refractivity contribution in [1.29, 1.82) is 5.41 Å². The molecule has 2 saturated heterocycles. The first-order valence-corrected chi connectivity index (χ1v) is 7.86. The second-order valence-electron chi connectivity index (χ2n) is 6.98. The molecule has 0 atom stereocenters. The molecule has 0 spiro atoms. The first-order valence-electron chi connectivity index (χ1n) is 7.86. The van der Waals surface area contributed by atoms with Crippen LogP contribution in [0, 0.1) is 11.3 Å². The average molecular weight is 293 g/mol. The monoisotopic (exact) mass is 293 g/mol. The quantitative estimate of drug-likeness (QED) is 0.533. The van der Waals surface area contributed by atoms with Gasteiger partial charge in [0, 0.05) is 18.2 Å². The predicted octanol–water partition coefficient (Wildman–Crippen LogP) is 1.74. The van der Waals surface area contributed by atoms with Crippen LogP contribution in [0.15, 0.2) is 11.7 Å². The topological polar surface area (TPSA) is 66.4 Å². The summed E-state index contributed by atoms with van der Waals surface area (Å²) in [5, 5.41) is 14.3. The maximum absolute atomic E-state index is 7.60. The van der Waals surface area contributed by atoms with Gasteiger partial charge in [0.15, 0.2) is 0 Å². The number of hydrogen-bond acceptors (Lipinski definition) is 5. The summed E-state index contributed by atoms with van der Waals surface area (Å²) in [5.74, 6) is 0.702. The Hall–Kier alpha value is -0.845. The minimum Gasteiger partial charge on any atom is -0.399 e. The summed E-state index contributed by atoms with van der Waals surface area (Å²) in [6.45, 7) is 11.2. The van der Waals surface area contributed by atoms with Gasteiger partial charge in [-0.2, -0.15) is 0 Å². The Morgan fingerprint density at radius 2 is 1.81 bits per heavy atom. The highest BCUT2D eigenvalue weighted by Crippen LogP contribution is 2.38. The Kier molecular flexibility index (Phi) is 5.12. The van der Waals surface area contributed by atoms with Crippen LogP contribution >= 0.6 is 0 Å². The van der Waals surface area contributed by atoms with Crippen LogP contribution in [0.4, 0.5) is 0 Å². The average Bonchev–Trinajstić information content (AvgIpc) is 2.64. The summed E-state index contributed by atoms with van der Waals surface area (Å²) < 4.78 is 11.9. The van der Waals surface area contributed by atoms with Gasteiger partial charge in [0.05, 0.1) is 11.2 Å². The Morgan fingerprint density at radius 3 is 2.33 bits per heavy atom. The van der Waals surface area contributed by atoms with Crippen LogP contribution in [0.1, 0.15) is 40.5 Å². The molecule has 0 amide bonds. The van der Waals surface area contributed by atoms with Gasteiger partial charge in [0.2, 0.25) is 0 Å². The summed E-state index contributed by atoms with van der Waals surface area (Å²) in [5.41, 5.74) is 0.00598. The van der Waals surface area contributed by atoms with E-state index < -0.39 is 7.12 Å². The highest BCUT2D eigenvalue weighted by atomic mass is 16.7. The van der Waals surface area contributed by atoms with E-state index in [1.807, 2.05) is 33.9 Å². The lowest BCUT2D eigenvalue weighted by atomic mass is 9.79. The van der Waals surface area contributed by atoms with Crippen LogP contribution in [0.25, 0.3) is 0 Å². The summed E-state index contributed by atoms with van der Waals surface area (Å²) >= 11 is 0. The summed E-state index contributed by atoms with van der Waals surface area (Å²) in [4.78, 5) is 0. The van der Waals surface area contributed by atoms with E-state index in [9.17, 15) is 0 Å². The molecule has 118 valence electrons. The van der Waals surface area contributed by atoms with Gasteiger partial charge in [-0.25, -0.2) is 0 Å². The maximum Gasteiger partial charge on any atom is 0.497 e. The maximum atomic E-state index is 7.60. The van der Waals surface area contributed by atoms with E-state index in [0.29, 0.717) is 5.92 Å². The van der Waals surface area contributed by atoms with Crippen molar-refractivity contribution in [3.63, 3.8) is 0 Å². The van der Waals surface area contributed by atoms with Gasteiger partial charge in [-0.3, -0.25) is 0 Å². The number of nitrogens with one attached hydrogen (secondary N) is 3. The van der Waals surface area contributed by atoms with Crippen molar-refractivity contribution < 1.29 is 9.31 Å². The van der Waals surface area contributed by atoms with E-state index >= 15 is 0 Å². The van der Waals surface area contributed by atoms with Gasteiger partial charge < -0.3 is 25.4 Å². The zero-order chi connectivity index (χ0) is 15.5. The predicted molar refractivity (Wildman–Crippen MR) is 86.5 cm³/mol. The van der Waals surface area contributed by atoms with Crippen molar-refractivity contribution in [1.82, 2.24) is 10.6 Å². The standard InChI is InChI=1S/C15H28BN3O2/c1-14(2)15(3,4)21-16(20-14)13(9-17)11-19-10-12-5-7-18-8-6-12/h9,11-12,17-19H,5-8,10H2,1-4H3/b13-11+,17-9?. The molecule has 0 unspecified atom stereocenters. The second kappa shape index (κ2) is 6.50. The molecule has 2 fully saturated rings. The van der Waals surface area contributed by atoms with Crippen LogP contribution < -0.4 is 10.6 Å². The van der Waals surface area contributed by atoms with E-state index in [1.54, 1.807) is 0 Å². The minimum atomic E-state index is -0.465. The van der Waals surface area contributed by atoms with E-state index in [2.05, 4.69) is 10.6 Å². The molecule has 0 radical (unpaired) electrons. The Labute approximate surface area is 128 Å². The molecule has 21 heavy (non-hydrogen) atoms. The van der Waals surface area contributed by atoms with Crippen molar-refractivity contribution in [3.8, 4) is 0 Å². The van der Waals surface area contributed by atoms with Crippen LogP contribution in [0.3, 0.4) is 0 Å². The van der Waals surface area contributed by atoms with E-state index in [0.717, 1.165) is 25.1 Å². The molecule has 0 aromatic carbocycles. The Bertz CT molecular complexity index is 388. The fourth-order valence-electron chi connectivity index (χ4n) is 2.59. The molecule has 2 rings (SSSR count). The molecule has 5 nitrogen and oxygen atoms in total. The SMILES string of the molecule is CC1(C)OB(/C(C=N)=C/NCC2CCNCC2)OC1(C)C. The van der Waals surface area contributed by atoms with Gasteiger partial charge in [-0.1, -0.05) is 0 Å². The molecule has 2 heterocycles. The fourth-order valence-corrected chi connectivity index (χ4v) is 2.59. The third-order valence-electron chi connectivity index (χ3n) is 4.83. The zero-order valence-electron chi connectivity index (χ0n) is 13.7. The molecular weight excluding hydrogens is 265 g/mol. The van der Waals surface area contributed by atoms with Crippen LogP contribution in [0.2, 0.25) is 0 Å². The molecule has 2 aliphatic heterocycles. The first kappa shape index (κ1) is 16.5. The van der Waals surface area contributed by atoms with Gasteiger partial charge in [-0.15, -0.1) is 0 Å². The second-order valence-corrected chi connectivity index (χ2v) is 6.98. The summed E-state index contributed by atoms with van der Waals surface area (Å²) in [7, 11) is -0.465. The van der Waals surface area contributed by atoms with Crippen molar-refractivity contribution in [2.24, 2.45) is 5.92 Å². The largest absolute Gasteiger partial charge is 0.497 e. The summed E-state index contributed by atoms with van der Waals surface area (Å²) in [6, 6.07) is 0. The Morgan fingerprint density at radius 1 is 1.24 bits per heavy atom. The fraction of sp³-hybridized carbons (Fsp3) is 0.800. The van der Waals surface area contributed by atoms with Crippen molar-refractivity contribution in [2.45, 2.75) is 51.7 Å². The molecule has 0 saturated carbocycles. The minimum absolute atomic E-state index is 0.366. The normalized spacial score (nSPS) is 25.9. The van der Waals surface area contributed by atoms with Crippen molar-refractivity contribution >= 4 is 13.3 Å². The van der Waals surface area contributed by atoms with E-state index in [1.165, 1.54) is 19.1 Å². The lowest BCUT2D eigenvalue weighted by Crippen LogP contribution is -2.41. The molecule has 3 N–H and O–H groups in total. The zero-order valence-corrected chi connectivity index (χ0v) is 13.7. The Balaban J connectivity index is 1.90. The highest BCUT2D eigenvalue weighted by Gasteiger charge is 2.52. The molecule has 2 aliphatic rings.